The lowest BCUT2D eigenvalue weighted by molar-refractivity contribution is -0.113. The Kier molecular flexibility index (Phi) is 4.83. The second-order valence-electron chi connectivity index (χ2n) is 5.75. The van der Waals surface area contributed by atoms with Gasteiger partial charge < -0.3 is 9.73 Å². The minimum absolute atomic E-state index is 0.166. The Hall–Kier alpha value is -2.84. The molecule has 0 bridgehead atoms. The molecular weight excluding hydrogens is 386 g/mol. The Labute approximate surface area is 163 Å². The van der Waals surface area contributed by atoms with Crippen LogP contribution in [0.2, 0.25) is 5.02 Å². The Balaban J connectivity index is 1.47. The molecule has 0 saturated carbocycles. The SMILES string of the molecule is Cc1ccc(NC(=O)CSc2nnc3ccc(-c4ccco4)nn23)cc1Cl. The summed E-state index contributed by atoms with van der Waals surface area (Å²) in [5, 5.41) is 16.6. The van der Waals surface area contributed by atoms with E-state index in [-0.39, 0.29) is 11.7 Å². The van der Waals surface area contributed by atoms with E-state index in [1.165, 1.54) is 11.8 Å². The largest absolute Gasteiger partial charge is 0.463 e. The zero-order valence-electron chi connectivity index (χ0n) is 14.2. The maximum absolute atomic E-state index is 12.2. The van der Waals surface area contributed by atoms with Crippen LogP contribution < -0.4 is 5.32 Å². The van der Waals surface area contributed by atoms with Gasteiger partial charge in [-0.2, -0.15) is 9.61 Å². The molecule has 3 aromatic heterocycles. The summed E-state index contributed by atoms with van der Waals surface area (Å²) < 4.78 is 6.96. The third-order valence-corrected chi connectivity index (χ3v) is 5.12. The number of carbonyl (C=O) groups is 1. The highest BCUT2D eigenvalue weighted by molar-refractivity contribution is 7.99. The third kappa shape index (κ3) is 3.81. The van der Waals surface area contributed by atoms with Crippen molar-refractivity contribution >= 4 is 40.6 Å². The molecule has 0 aliphatic carbocycles. The first-order valence-electron chi connectivity index (χ1n) is 8.05. The van der Waals surface area contributed by atoms with Crippen LogP contribution in [0.25, 0.3) is 17.1 Å². The van der Waals surface area contributed by atoms with E-state index in [4.69, 9.17) is 16.0 Å². The summed E-state index contributed by atoms with van der Waals surface area (Å²) in [6.07, 6.45) is 1.59. The van der Waals surface area contributed by atoms with Gasteiger partial charge in [-0.15, -0.1) is 10.2 Å². The maximum Gasteiger partial charge on any atom is 0.234 e. The second-order valence-corrected chi connectivity index (χ2v) is 7.10. The molecule has 0 aliphatic heterocycles. The van der Waals surface area contributed by atoms with E-state index in [2.05, 4.69) is 20.6 Å². The van der Waals surface area contributed by atoms with E-state index < -0.39 is 0 Å². The number of nitrogens with zero attached hydrogens (tertiary/aromatic N) is 4. The number of nitrogens with one attached hydrogen (secondary N) is 1. The van der Waals surface area contributed by atoms with Crippen LogP contribution in [-0.2, 0) is 4.79 Å². The zero-order chi connectivity index (χ0) is 18.8. The van der Waals surface area contributed by atoms with Gasteiger partial charge in [0, 0.05) is 10.7 Å². The zero-order valence-corrected chi connectivity index (χ0v) is 15.8. The number of aromatic nitrogens is 4. The molecule has 1 aromatic carbocycles. The van der Waals surface area contributed by atoms with Crippen molar-refractivity contribution in [2.75, 3.05) is 11.1 Å². The first-order chi connectivity index (χ1) is 13.1. The van der Waals surface area contributed by atoms with Gasteiger partial charge in [0.1, 0.15) is 5.69 Å². The fourth-order valence-electron chi connectivity index (χ4n) is 2.41. The van der Waals surface area contributed by atoms with Gasteiger partial charge in [-0.3, -0.25) is 4.79 Å². The number of benzene rings is 1. The van der Waals surface area contributed by atoms with Gasteiger partial charge in [0.25, 0.3) is 0 Å². The van der Waals surface area contributed by atoms with Crippen LogP contribution in [0, 0.1) is 6.92 Å². The van der Waals surface area contributed by atoms with Crippen molar-refractivity contribution < 1.29 is 9.21 Å². The second kappa shape index (κ2) is 7.42. The van der Waals surface area contributed by atoms with Crippen molar-refractivity contribution in [3.63, 3.8) is 0 Å². The lowest BCUT2D eigenvalue weighted by Crippen LogP contribution is -2.14. The van der Waals surface area contributed by atoms with Crippen molar-refractivity contribution in [1.82, 2.24) is 19.8 Å². The summed E-state index contributed by atoms with van der Waals surface area (Å²) in [6.45, 7) is 1.91. The maximum atomic E-state index is 12.2. The Morgan fingerprint density at radius 2 is 2.15 bits per heavy atom. The molecule has 4 rings (SSSR count). The fraction of sp³-hybridized carbons (Fsp3) is 0.111. The monoisotopic (exact) mass is 399 g/mol. The van der Waals surface area contributed by atoms with Crippen molar-refractivity contribution in [2.45, 2.75) is 12.1 Å². The predicted octanol–water partition coefficient (Wildman–Crippen LogP) is 4.08. The van der Waals surface area contributed by atoms with E-state index >= 15 is 0 Å². The molecule has 0 aliphatic rings. The Morgan fingerprint density at radius 1 is 1.26 bits per heavy atom. The summed E-state index contributed by atoms with van der Waals surface area (Å²) >= 11 is 7.33. The van der Waals surface area contributed by atoms with Crippen LogP contribution in [0.5, 0.6) is 0 Å². The van der Waals surface area contributed by atoms with Crippen LogP contribution in [-0.4, -0.2) is 31.5 Å². The minimum atomic E-state index is -0.168. The molecule has 0 atom stereocenters. The molecule has 9 heteroatoms. The summed E-state index contributed by atoms with van der Waals surface area (Å²) in [4.78, 5) is 12.2. The smallest absolute Gasteiger partial charge is 0.234 e. The number of furan rings is 1. The van der Waals surface area contributed by atoms with E-state index in [1.54, 1.807) is 29.0 Å². The van der Waals surface area contributed by atoms with E-state index in [9.17, 15) is 4.79 Å². The van der Waals surface area contributed by atoms with Crippen molar-refractivity contribution in [2.24, 2.45) is 0 Å². The normalized spacial score (nSPS) is 11.0. The van der Waals surface area contributed by atoms with Gasteiger partial charge >= 0.3 is 0 Å². The average Bonchev–Trinajstić information content (AvgIpc) is 3.32. The highest BCUT2D eigenvalue weighted by atomic mass is 35.5. The van der Waals surface area contributed by atoms with Gasteiger partial charge in [-0.05, 0) is 48.9 Å². The lowest BCUT2D eigenvalue weighted by Gasteiger charge is -2.06. The Morgan fingerprint density at radius 3 is 2.93 bits per heavy atom. The first kappa shape index (κ1) is 17.6. The number of thioether (sulfide) groups is 1. The number of anilines is 1. The minimum Gasteiger partial charge on any atom is -0.463 e. The highest BCUT2D eigenvalue weighted by Crippen LogP contribution is 2.22. The highest BCUT2D eigenvalue weighted by Gasteiger charge is 2.13. The molecule has 1 amide bonds. The third-order valence-electron chi connectivity index (χ3n) is 3.80. The summed E-state index contributed by atoms with van der Waals surface area (Å²) in [7, 11) is 0. The molecule has 0 unspecified atom stereocenters. The molecule has 0 spiro atoms. The van der Waals surface area contributed by atoms with Crippen molar-refractivity contribution in [3.8, 4) is 11.5 Å². The van der Waals surface area contributed by atoms with Gasteiger partial charge in [0.15, 0.2) is 11.4 Å². The van der Waals surface area contributed by atoms with Crippen LogP contribution >= 0.6 is 23.4 Å². The summed E-state index contributed by atoms with van der Waals surface area (Å²) in [5.41, 5.74) is 2.87. The molecule has 1 N–H and O–H groups in total. The number of aryl methyl sites for hydroxylation is 1. The van der Waals surface area contributed by atoms with Gasteiger partial charge in [0.2, 0.25) is 11.1 Å². The molecule has 0 radical (unpaired) electrons. The fourth-order valence-corrected chi connectivity index (χ4v) is 3.28. The molecule has 4 aromatic rings. The number of hydrogen-bond acceptors (Lipinski definition) is 6. The van der Waals surface area contributed by atoms with Gasteiger partial charge in [-0.25, -0.2) is 0 Å². The topological polar surface area (TPSA) is 85.3 Å². The molecular formula is C18H14ClN5O2S. The van der Waals surface area contributed by atoms with Crippen molar-refractivity contribution in [3.05, 3.63) is 59.3 Å². The molecule has 0 saturated heterocycles. The van der Waals surface area contributed by atoms with E-state index in [0.29, 0.717) is 33.0 Å². The number of carbonyl (C=O) groups excluding carboxylic acids is 1. The Bertz CT molecular complexity index is 1110. The van der Waals surface area contributed by atoms with E-state index in [1.807, 2.05) is 31.2 Å². The predicted molar refractivity (Wildman–Crippen MR) is 104 cm³/mol. The molecule has 27 heavy (non-hydrogen) atoms. The molecule has 0 fully saturated rings. The number of fused-ring (bicyclic) bond motifs is 1. The van der Waals surface area contributed by atoms with Crippen LogP contribution in [0.3, 0.4) is 0 Å². The summed E-state index contributed by atoms with van der Waals surface area (Å²) in [6, 6.07) is 12.6. The van der Waals surface area contributed by atoms with Crippen LogP contribution in [0.1, 0.15) is 5.56 Å². The van der Waals surface area contributed by atoms with Crippen molar-refractivity contribution in [1.29, 1.82) is 0 Å². The lowest BCUT2D eigenvalue weighted by atomic mass is 10.2. The molecule has 136 valence electrons. The quantitative estimate of drug-likeness (QED) is 0.509. The first-order valence-corrected chi connectivity index (χ1v) is 9.41. The average molecular weight is 400 g/mol. The van der Waals surface area contributed by atoms with Gasteiger partial charge in [0.05, 0.1) is 12.0 Å². The van der Waals surface area contributed by atoms with Crippen LogP contribution in [0.4, 0.5) is 5.69 Å². The molecule has 7 nitrogen and oxygen atoms in total. The van der Waals surface area contributed by atoms with Crippen LogP contribution in [0.15, 0.2) is 58.3 Å². The van der Waals surface area contributed by atoms with E-state index in [0.717, 1.165) is 5.56 Å². The molecule has 3 heterocycles. The number of halogens is 1. The van der Waals surface area contributed by atoms with Gasteiger partial charge in [-0.1, -0.05) is 29.4 Å². The number of hydrogen-bond donors (Lipinski definition) is 1. The number of amides is 1. The number of rotatable bonds is 5. The summed E-state index contributed by atoms with van der Waals surface area (Å²) in [5.74, 6) is 0.647. The standard InChI is InChI=1S/C18H14ClN5O2S/c1-11-4-5-12(9-13(11)19)20-17(25)10-27-18-22-21-16-7-6-14(23-24(16)18)15-3-2-8-26-15/h2-9H,10H2,1H3,(H,20,25).